The quantitative estimate of drug-likeness (QED) is 0.338. The number of aryl methyl sites for hydroxylation is 1. The van der Waals surface area contributed by atoms with Crippen molar-refractivity contribution in [2.75, 3.05) is 46.5 Å². The molecule has 2 heterocycles. The minimum atomic E-state index is -0.497. The van der Waals surface area contributed by atoms with Crippen LogP contribution >= 0.6 is 0 Å². The Balaban J connectivity index is 1.31. The Hall–Kier alpha value is -4.68. The lowest BCUT2D eigenvalue weighted by Crippen LogP contribution is -2.58. The maximum atomic E-state index is 14.1. The largest absolute Gasteiger partial charge is 0.491 e. The zero-order chi connectivity index (χ0) is 32.3. The Labute approximate surface area is 267 Å². The number of halogens is 1. The highest BCUT2D eigenvalue weighted by atomic mass is 19.1. The molecule has 244 valence electrons. The minimum absolute atomic E-state index is 0.104. The molecule has 3 N–H and O–H groups in total. The molecule has 4 amide bonds. The fourth-order valence-corrected chi connectivity index (χ4v) is 5.38. The molecule has 0 radical (unpaired) electrons. The van der Waals surface area contributed by atoms with Gasteiger partial charge in [-0.3, -0.25) is 9.59 Å². The summed E-state index contributed by atoms with van der Waals surface area (Å²) in [4.78, 5) is 40.7. The third-order valence-corrected chi connectivity index (χ3v) is 7.79. The van der Waals surface area contributed by atoms with E-state index in [9.17, 15) is 18.8 Å². The van der Waals surface area contributed by atoms with E-state index in [2.05, 4.69) is 16.0 Å². The van der Waals surface area contributed by atoms with Gasteiger partial charge >= 0.3 is 6.03 Å². The van der Waals surface area contributed by atoms with Crippen LogP contribution in [0.4, 0.5) is 9.18 Å². The van der Waals surface area contributed by atoms with E-state index in [1.807, 2.05) is 18.2 Å². The summed E-state index contributed by atoms with van der Waals surface area (Å²) in [7, 11) is 1.58. The van der Waals surface area contributed by atoms with Crippen LogP contribution in [-0.4, -0.2) is 81.4 Å². The van der Waals surface area contributed by atoms with Crippen molar-refractivity contribution in [3.8, 4) is 17.2 Å². The van der Waals surface area contributed by atoms with Gasteiger partial charge in [-0.25, -0.2) is 9.18 Å². The highest BCUT2D eigenvalue weighted by Gasteiger charge is 2.33. The fraction of sp³-hybridized carbons (Fsp3) is 0.382. The van der Waals surface area contributed by atoms with Gasteiger partial charge in [0.25, 0.3) is 5.91 Å². The van der Waals surface area contributed by atoms with Crippen LogP contribution in [-0.2, 0) is 27.3 Å². The number of ether oxygens (including phenoxy) is 4. The number of rotatable bonds is 7. The van der Waals surface area contributed by atoms with Gasteiger partial charge in [-0.15, -0.1) is 0 Å². The van der Waals surface area contributed by atoms with Gasteiger partial charge in [-0.05, 0) is 54.3 Å². The van der Waals surface area contributed by atoms with E-state index in [0.717, 1.165) is 5.56 Å². The van der Waals surface area contributed by atoms with Crippen molar-refractivity contribution in [2.45, 2.75) is 38.0 Å². The SMILES string of the molecule is COCCOc1cc2cc(c1)C(=O)NCCNC(=O)N[C@H]1CCN(C(=O)CCc3ccccc3F)C[C@@H]1OCc1cccc(c1)O2. The third-order valence-electron chi connectivity index (χ3n) is 7.79. The molecule has 5 rings (SSSR count). The molecule has 3 aromatic carbocycles. The van der Waals surface area contributed by atoms with E-state index in [4.69, 9.17) is 18.9 Å². The van der Waals surface area contributed by atoms with Crippen LogP contribution in [0.3, 0.4) is 0 Å². The van der Waals surface area contributed by atoms with Crippen LogP contribution in [0, 0.1) is 5.82 Å². The Bertz CT molecular complexity index is 1520. The predicted molar refractivity (Wildman–Crippen MR) is 167 cm³/mol. The molecule has 0 aliphatic carbocycles. The molecule has 0 saturated carbocycles. The van der Waals surface area contributed by atoms with Gasteiger partial charge in [0.05, 0.1) is 25.4 Å². The molecule has 1 saturated heterocycles. The summed E-state index contributed by atoms with van der Waals surface area (Å²) < 4.78 is 37.4. The highest BCUT2D eigenvalue weighted by Crippen LogP contribution is 2.29. The van der Waals surface area contributed by atoms with Gasteiger partial charge in [0.1, 0.15) is 29.7 Å². The number of amides is 4. The number of likely N-dealkylation sites (tertiary alicyclic amines) is 1. The van der Waals surface area contributed by atoms with Crippen molar-refractivity contribution in [1.29, 1.82) is 0 Å². The third kappa shape index (κ3) is 9.18. The Morgan fingerprint density at radius 1 is 1.00 bits per heavy atom. The first-order chi connectivity index (χ1) is 22.4. The Kier molecular flexibility index (Phi) is 11.4. The smallest absolute Gasteiger partial charge is 0.315 e. The Morgan fingerprint density at radius 2 is 1.85 bits per heavy atom. The lowest BCUT2D eigenvalue weighted by molar-refractivity contribution is -0.136. The molecule has 11 nitrogen and oxygen atoms in total. The summed E-state index contributed by atoms with van der Waals surface area (Å²) in [5.74, 6) is 0.611. The second kappa shape index (κ2) is 16.1. The van der Waals surface area contributed by atoms with E-state index in [0.29, 0.717) is 61.0 Å². The minimum Gasteiger partial charge on any atom is -0.491 e. The number of benzene rings is 3. The molecule has 0 unspecified atom stereocenters. The van der Waals surface area contributed by atoms with Gasteiger partial charge in [-0.2, -0.15) is 0 Å². The van der Waals surface area contributed by atoms with Gasteiger partial charge in [-0.1, -0.05) is 30.3 Å². The van der Waals surface area contributed by atoms with Gasteiger partial charge in [0, 0.05) is 51.3 Å². The first-order valence-electron chi connectivity index (χ1n) is 15.4. The molecule has 0 spiro atoms. The lowest BCUT2D eigenvalue weighted by Gasteiger charge is -2.38. The number of hydrogen-bond donors (Lipinski definition) is 3. The number of urea groups is 1. The number of fused-ring (bicyclic) bond motifs is 5. The summed E-state index contributed by atoms with van der Waals surface area (Å²) in [6, 6.07) is 18.0. The summed E-state index contributed by atoms with van der Waals surface area (Å²) in [6.45, 7) is 1.95. The number of carbonyl (C=O) groups is 3. The molecule has 2 aliphatic heterocycles. The molecular weight excluding hydrogens is 595 g/mol. The van der Waals surface area contributed by atoms with Gasteiger partial charge in [0.15, 0.2) is 0 Å². The topological polar surface area (TPSA) is 127 Å². The number of methoxy groups -OCH3 is 1. The summed E-state index contributed by atoms with van der Waals surface area (Å²) in [5.41, 5.74) is 1.65. The van der Waals surface area contributed by atoms with Gasteiger partial charge in [0.2, 0.25) is 5.91 Å². The monoisotopic (exact) mass is 634 g/mol. The zero-order valence-electron chi connectivity index (χ0n) is 25.8. The predicted octanol–water partition coefficient (Wildman–Crippen LogP) is 3.80. The Morgan fingerprint density at radius 3 is 2.70 bits per heavy atom. The standard InChI is InChI=1S/C34H39FN4O7/c1-43-15-16-44-27-18-25-19-28(20-27)46-26-7-4-5-23(17-26)22-45-31-21-39(32(40)10-9-24-6-2-3-8-29(24)35)14-11-30(31)38-34(42)37-13-12-36-33(25)41/h2-8,17-20,30-31H,9-16,21-22H2,1H3,(H,36,41)(H2,37,38,42)/t30-,31-/m0/s1. The molecule has 1 fully saturated rings. The van der Waals surface area contributed by atoms with Crippen molar-refractivity contribution in [1.82, 2.24) is 20.9 Å². The van der Waals surface area contributed by atoms with Gasteiger partial charge < -0.3 is 39.8 Å². The molecule has 46 heavy (non-hydrogen) atoms. The van der Waals surface area contributed by atoms with Crippen LogP contribution < -0.4 is 25.4 Å². The zero-order valence-corrected chi connectivity index (χ0v) is 25.8. The maximum Gasteiger partial charge on any atom is 0.315 e. The van der Waals surface area contributed by atoms with E-state index in [1.165, 1.54) is 6.07 Å². The average molecular weight is 635 g/mol. The molecule has 2 aliphatic rings. The highest BCUT2D eigenvalue weighted by molar-refractivity contribution is 5.95. The first kappa shape index (κ1) is 32.7. The van der Waals surface area contributed by atoms with Crippen molar-refractivity contribution in [2.24, 2.45) is 0 Å². The molecule has 12 heteroatoms. The first-order valence-corrected chi connectivity index (χ1v) is 15.4. The van der Waals surface area contributed by atoms with Crippen molar-refractivity contribution in [3.05, 3.63) is 89.2 Å². The molecule has 3 aromatic rings. The van der Waals surface area contributed by atoms with Crippen LogP contribution in [0.25, 0.3) is 0 Å². The normalized spacial score (nSPS) is 18.9. The molecule has 4 bridgehead atoms. The second-order valence-electron chi connectivity index (χ2n) is 11.1. The fourth-order valence-electron chi connectivity index (χ4n) is 5.38. The van der Waals surface area contributed by atoms with Crippen molar-refractivity contribution < 1.29 is 37.7 Å². The van der Waals surface area contributed by atoms with Crippen molar-refractivity contribution >= 4 is 17.8 Å². The van der Waals surface area contributed by atoms with E-state index in [-0.39, 0.29) is 56.3 Å². The molecular formula is C34H39FN4O7. The summed E-state index contributed by atoms with van der Waals surface area (Å²) in [6.07, 6.45) is 0.443. The number of nitrogens with zero attached hydrogens (tertiary/aromatic N) is 1. The van der Waals surface area contributed by atoms with Crippen LogP contribution in [0.5, 0.6) is 17.2 Å². The lowest BCUT2D eigenvalue weighted by atomic mass is 10.0. The van der Waals surface area contributed by atoms with Crippen LogP contribution in [0.1, 0.15) is 34.3 Å². The maximum absolute atomic E-state index is 14.1. The second-order valence-corrected chi connectivity index (χ2v) is 11.1. The number of carbonyl (C=O) groups excluding carboxylic acids is 3. The number of hydrogen-bond acceptors (Lipinski definition) is 7. The molecule has 0 aromatic heterocycles. The van der Waals surface area contributed by atoms with Crippen LogP contribution in [0.15, 0.2) is 66.7 Å². The van der Waals surface area contributed by atoms with E-state index < -0.39 is 12.1 Å². The average Bonchev–Trinajstić information content (AvgIpc) is 3.05. The summed E-state index contributed by atoms with van der Waals surface area (Å²) in [5, 5.41) is 8.56. The number of nitrogens with one attached hydrogen (secondary N) is 3. The summed E-state index contributed by atoms with van der Waals surface area (Å²) >= 11 is 0. The molecule has 2 atom stereocenters. The van der Waals surface area contributed by atoms with E-state index in [1.54, 1.807) is 54.5 Å². The van der Waals surface area contributed by atoms with E-state index >= 15 is 0 Å². The van der Waals surface area contributed by atoms with Crippen molar-refractivity contribution in [3.63, 3.8) is 0 Å². The number of piperidine rings is 1. The van der Waals surface area contributed by atoms with Crippen LogP contribution in [0.2, 0.25) is 0 Å².